The number of carbonyl (C=O) groups excluding carboxylic acids is 1. The lowest BCUT2D eigenvalue weighted by molar-refractivity contribution is -0.134. The van der Waals surface area contributed by atoms with Crippen molar-refractivity contribution in [3.8, 4) is 0 Å². The van der Waals surface area contributed by atoms with Gasteiger partial charge in [0.15, 0.2) is 0 Å². The minimum atomic E-state index is -4.32. The van der Waals surface area contributed by atoms with E-state index in [0.717, 1.165) is 13.8 Å². The molecule has 0 rings (SSSR count). The van der Waals surface area contributed by atoms with Gasteiger partial charge in [-0.3, -0.25) is 14.1 Å². The second-order valence-corrected chi connectivity index (χ2v) is 2.81. The van der Waals surface area contributed by atoms with Crippen LogP contribution in [0.4, 0.5) is 0 Å². The molecule has 3 N–H and O–H groups in total. The summed E-state index contributed by atoms with van der Waals surface area (Å²) < 4.78 is 28.4. The van der Waals surface area contributed by atoms with Gasteiger partial charge in [-0.05, 0) is 0 Å². The van der Waals surface area contributed by atoms with Crippen LogP contribution < -0.4 is 4.72 Å². The van der Waals surface area contributed by atoms with Gasteiger partial charge in [0.1, 0.15) is 0 Å². The summed E-state index contributed by atoms with van der Waals surface area (Å²) in [5.74, 6) is -1.65. The molecule has 0 saturated heterocycles. The van der Waals surface area contributed by atoms with Crippen LogP contribution in [0.2, 0.25) is 0 Å². The minimum Gasteiger partial charge on any atom is -0.481 e. The molecule has 0 aliphatic carbocycles. The van der Waals surface area contributed by atoms with E-state index in [4.69, 9.17) is 14.5 Å². The van der Waals surface area contributed by atoms with Crippen molar-refractivity contribution in [1.29, 1.82) is 0 Å². The highest BCUT2D eigenvalue weighted by molar-refractivity contribution is 7.84. The van der Waals surface area contributed by atoms with E-state index >= 15 is 0 Å². The molecule has 0 atom stereocenters. The van der Waals surface area contributed by atoms with Gasteiger partial charge in [-0.1, -0.05) is 0 Å². The van der Waals surface area contributed by atoms with Crippen LogP contribution in [0.3, 0.4) is 0 Å². The normalized spacial score (nSPS) is 9.25. The van der Waals surface area contributed by atoms with Crippen LogP contribution >= 0.6 is 0 Å². The molecule has 0 aliphatic heterocycles. The second kappa shape index (κ2) is 5.49. The maximum absolute atomic E-state index is 9.81. The van der Waals surface area contributed by atoms with Crippen molar-refractivity contribution in [2.75, 3.05) is 0 Å². The lowest BCUT2D eigenvalue weighted by atomic mass is 10.8. The largest absolute Gasteiger partial charge is 0.481 e. The SMILES string of the molecule is CC(=O)NS(=O)(=O)O.CC(=O)O. The smallest absolute Gasteiger partial charge is 0.359 e. The zero-order valence-corrected chi connectivity index (χ0v) is 7.25. The van der Waals surface area contributed by atoms with Crippen molar-refractivity contribution in [3.63, 3.8) is 0 Å². The molecule has 0 heterocycles. The van der Waals surface area contributed by atoms with Gasteiger partial charge >= 0.3 is 10.3 Å². The molecule has 7 nitrogen and oxygen atoms in total. The van der Waals surface area contributed by atoms with Crippen LogP contribution in [0.1, 0.15) is 13.8 Å². The van der Waals surface area contributed by atoms with E-state index in [-0.39, 0.29) is 0 Å². The Bertz CT molecular complexity index is 251. The average Bonchev–Trinajstić information content (AvgIpc) is 1.52. The Morgan fingerprint density at radius 2 is 1.50 bits per heavy atom. The van der Waals surface area contributed by atoms with Crippen molar-refractivity contribution in [3.05, 3.63) is 0 Å². The third kappa shape index (κ3) is 36.8. The van der Waals surface area contributed by atoms with Crippen molar-refractivity contribution in [1.82, 2.24) is 4.72 Å². The van der Waals surface area contributed by atoms with Crippen LogP contribution in [-0.2, 0) is 19.9 Å². The summed E-state index contributed by atoms with van der Waals surface area (Å²) in [6.45, 7) is 2.06. The Hall–Kier alpha value is -1.15. The van der Waals surface area contributed by atoms with Crippen LogP contribution in [0.15, 0.2) is 0 Å². The molecule has 0 aromatic heterocycles. The standard InChI is InChI=1S/C2H5NO4S.C2H4O2/c1-2(4)3-8(5,6)7;1-2(3)4/h1H3,(H,3,4)(H,5,6,7);1H3,(H,3,4). The van der Waals surface area contributed by atoms with Crippen LogP contribution in [0.25, 0.3) is 0 Å². The zero-order chi connectivity index (χ0) is 10.4. The number of hydrogen-bond donors (Lipinski definition) is 3. The molecule has 0 aromatic rings. The minimum absolute atomic E-state index is 0.812. The first kappa shape index (κ1) is 13.4. The number of carbonyl (C=O) groups is 2. The first-order valence-corrected chi connectivity index (χ1v) is 4.04. The number of carboxylic acid groups (broad SMARTS) is 1. The molecule has 0 saturated carbocycles. The van der Waals surface area contributed by atoms with Gasteiger partial charge < -0.3 is 5.11 Å². The van der Waals surface area contributed by atoms with Crippen LogP contribution in [0, 0.1) is 0 Å². The monoisotopic (exact) mass is 199 g/mol. The number of hydrogen-bond acceptors (Lipinski definition) is 4. The zero-order valence-electron chi connectivity index (χ0n) is 6.44. The fraction of sp³-hybridized carbons (Fsp3) is 0.500. The van der Waals surface area contributed by atoms with Gasteiger partial charge in [-0.15, -0.1) is 0 Å². The van der Waals surface area contributed by atoms with Gasteiger partial charge in [0.2, 0.25) is 5.91 Å². The van der Waals surface area contributed by atoms with E-state index in [1.165, 1.54) is 4.72 Å². The van der Waals surface area contributed by atoms with Crippen LogP contribution in [-0.4, -0.2) is 30.0 Å². The predicted molar refractivity (Wildman–Crippen MR) is 38.7 cm³/mol. The summed E-state index contributed by atoms with van der Waals surface area (Å²) in [5.41, 5.74) is 0. The van der Waals surface area contributed by atoms with Gasteiger partial charge in [0.25, 0.3) is 5.97 Å². The predicted octanol–water partition coefficient (Wildman–Crippen LogP) is -0.984. The Balaban J connectivity index is 0. The number of nitrogens with one attached hydrogen (secondary N) is 1. The molecule has 0 spiro atoms. The maximum Gasteiger partial charge on any atom is 0.359 e. The molecule has 1 amide bonds. The van der Waals surface area contributed by atoms with Crippen molar-refractivity contribution < 1.29 is 27.7 Å². The van der Waals surface area contributed by atoms with Gasteiger partial charge in [0, 0.05) is 13.8 Å². The topological polar surface area (TPSA) is 121 Å². The number of rotatable bonds is 1. The summed E-state index contributed by atoms with van der Waals surface area (Å²) in [6, 6.07) is 0. The Morgan fingerprint density at radius 1 is 1.25 bits per heavy atom. The molecule has 0 radical (unpaired) electrons. The van der Waals surface area contributed by atoms with Crippen LogP contribution in [0.5, 0.6) is 0 Å². The first-order valence-electron chi connectivity index (χ1n) is 2.60. The van der Waals surface area contributed by atoms with E-state index in [1.54, 1.807) is 0 Å². The van der Waals surface area contributed by atoms with Crippen molar-refractivity contribution in [2.24, 2.45) is 0 Å². The number of aliphatic carboxylic acids is 1. The molecule has 0 unspecified atom stereocenters. The first-order chi connectivity index (χ1) is 5.15. The summed E-state index contributed by atoms with van der Waals surface area (Å²) in [4.78, 5) is 18.8. The highest BCUT2D eigenvalue weighted by Crippen LogP contribution is 1.69. The molecule has 12 heavy (non-hydrogen) atoms. The Morgan fingerprint density at radius 3 is 1.50 bits per heavy atom. The fourth-order valence-electron chi connectivity index (χ4n) is 0.182. The van der Waals surface area contributed by atoms with E-state index < -0.39 is 22.2 Å². The van der Waals surface area contributed by atoms with Gasteiger partial charge in [-0.25, -0.2) is 4.72 Å². The highest BCUT2D eigenvalue weighted by atomic mass is 32.2. The molecule has 0 bridgehead atoms. The molecule has 72 valence electrons. The molecule has 0 fully saturated rings. The van der Waals surface area contributed by atoms with E-state index in [1.807, 2.05) is 0 Å². The van der Waals surface area contributed by atoms with E-state index in [9.17, 15) is 13.2 Å². The molecule has 0 aliphatic rings. The lowest BCUT2D eigenvalue weighted by Crippen LogP contribution is -2.26. The average molecular weight is 199 g/mol. The van der Waals surface area contributed by atoms with Gasteiger partial charge in [0.05, 0.1) is 0 Å². The highest BCUT2D eigenvalue weighted by Gasteiger charge is 2.02. The summed E-state index contributed by atoms with van der Waals surface area (Å²) in [5, 5.41) is 7.42. The lowest BCUT2D eigenvalue weighted by Gasteiger charge is -1.91. The molecular formula is C4H9NO6S. The molecule has 8 heteroatoms. The third-order valence-corrected chi connectivity index (χ3v) is 0.818. The quantitative estimate of drug-likeness (QED) is 0.466. The van der Waals surface area contributed by atoms with Gasteiger partial charge in [-0.2, -0.15) is 8.42 Å². The molecular weight excluding hydrogens is 190 g/mol. The van der Waals surface area contributed by atoms with Crippen molar-refractivity contribution >= 4 is 22.2 Å². The fourth-order valence-corrected chi connectivity index (χ4v) is 0.545. The third-order valence-electron chi connectivity index (χ3n) is 0.273. The number of carboxylic acids is 1. The van der Waals surface area contributed by atoms with E-state index in [2.05, 4.69) is 0 Å². The summed E-state index contributed by atoms with van der Waals surface area (Å²) >= 11 is 0. The number of amides is 1. The van der Waals surface area contributed by atoms with Crippen molar-refractivity contribution in [2.45, 2.75) is 13.8 Å². The second-order valence-electron chi connectivity index (χ2n) is 1.65. The Labute approximate surface area is 69.3 Å². The molecule has 0 aromatic carbocycles. The van der Waals surface area contributed by atoms with E-state index in [0.29, 0.717) is 0 Å². The summed E-state index contributed by atoms with van der Waals surface area (Å²) in [6.07, 6.45) is 0. The summed E-state index contributed by atoms with van der Waals surface area (Å²) in [7, 11) is -4.32. The Kier molecular flexibility index (Phi) is 6.15. The maximum atomic E-state index is 9.81.